The molecule has 0 aromatic carbocycles. The van der Waals surface area contributed by atoms with Crippen molar-refractivity contribution in [2.45, 2.75) is 25.5 Å². The lowest BCUT2D eigenvalue weighted by molar-refractivity contribution is 0.139. The van der Waals surface area contributed by atoms with Crippen molar-refractivity contribution in [3.63, 3.8) is 0 Å². The summed E-state index contributed by atoms with van der Waals surface area (Å²) in [5.41, 5.74) is 2.16. The predicted molar refractivity (Wildman–Crippen MR) is 61.8 cm³/mol. The van der Waals surface area contributed by atoms with Gasteiger partial charge in [-0.3, -0.25) is 0 Å². The minimum absolute atomic E-state index is 0.433. The van der Waals surface area contributed by atoms with Crippen molar-refractivity contribution < 1.29 is 9.50 Å². The topological polar surface area (TPSA) is 38.0 Å². The van der Waals surface area contributed by atoms with Gasteiger partial charge in [-0.25, -0.2) is 4.98 Å². The van der Waals surface area contributed by atoms with Crippen LogP contribution in [0.15, 0.2) is 30.5 Å². The van der Waals surface area contributed by atoms with E-state index >= 15 is 0 Å². The number of hydrogen-bond acceptors (Lipinski definition) is 2. The van der Waals surface area contributed by atoms with Gasteiger partial charge in [0.2, 0.25) is 5.95 Å². The first kappa shape index (κ1) is 10.5. The number of halogens is 1. The van der Waals surface area contributed by atoms with Crippen molar-refractivity contribution >= 4 is 0 Å². The summed E-state index contributed by atoms with van der Waals surface area (Å²) in [6.07, 6.45) is 2.70. The van der Waals surface area contributed by atoms with Gasteiger partial charge in [0.25, 0.3) is 0 Å². The predicted octanol–water partition coefficient (Wildman–Crippen LogP) is 2.52. The number of pyridine rings is 1. The highest BCUT2D eigenvalue weighted by atomic mass is 19.1. The number of nitrogens with zero attached hydrogens (tertiary/aromatic N) is 2. The summed E-state index contributed by atoms with van der Waals surface area (Å²) in [5, 5.41) is 9.86. The Morgan fingerprint density at radius 1 is 1.35 bits per heavy atom. The number of fused-ring (bicyclic) bond motifs is 1. The van der Waals surface area contributed by atoms with Crippen LogP contribution in [0, 0.1) is 5.95 Å². The summed E-state index contributed by atoms with van der Waals surface area (Å²) in [6.45, 7) is 0.822. The summed E-state index contributed by atoms with van der Waals surface area (Å²) in [5.74, 6) is -0.464. The molecular formula is C13H13FN2O. The van der Waals surface area contributed by atoms with Crippen molar-refractivity contribution in [1.29, 1.82) is 0 Å². The average Bonchev–Trinajstić information content (AvgIpc) is 2.75. The molecule has 1 aliphatic rings. The third-order valence-electron chi connectivity index (χ3n) is 3.25. The largest absolute Gasteiger partial charge is 0.387 e. The first-order chi connectivity index (χ1) is 8.27. The van der Waals surface area contributed by atoms with Crippen molar-refractivity contribution in [3.05, 3.63) is 42.1 Å². The molecular weight excluding hydrogens is 219 g/mol. The Morgan fingerprint density at radius 2 is 2.24 bits per heavy atom. The van der Waals surface area contributed by atoms with Crippen LogP contribution in [0.1, 0.15) is 24.6 Å². The molecule has 3 heterocycles. The quantitative estimate of drug-likeness (QED) is 0.767. The summed E-state index contributed by atoms with van der Waals surface area (Å²) in [6, 6.07) is 7.15. The highest BCUT2D eigenvalue weighted by Crippen LogP contribution is 2.32. The van der Waals surface area contributed by atoms with E-state index in [4.69, 9.17) is 0 Å². The van der Waals surface area contributed by atoms with E-state index in [0.717, 1.165) is 30.8 Å². The Morgan fingerprint density at radius 3 is 3.06 bits per heavy atom. The van der Waals surface area contributed by atoms with Crippen molar-refractivity contribution in [2.24, 2.45) is 0 Å². The van der Waals surface area contributed by atoms with Crippen LogP contribution in [0.4, 0.5) is 4.39 Å². The van der Waals surface area contributed by atoms with Gasteiger partial charge < -0.3 is 9.67 Å². The molecule has 17 heavy (non-hydrogen) atoms. The van der Waals surface area contributed by atoms with Crippen LogP contribution >= 0.6 is 0 Å². The van der Waals surface area contributed by atoms with E-state index in [-0.39, 0.29) is 0 Å². The summed E-state index contributed by atoms with van der Waals surface area (Å²) >= 11 is 0. The lowest BCUT2D eigenvalue weighted by Gasteiger charge is -2.22. The molecule has 0 aliphatic carbocycles. The van der Waals surface area contributed by atoms with Gasteiger partial charge in [-0.2, -0.15) is 4.39 Å². The van der Waals surface area contributed by atoms with Gasteiger partial charge in [-0.1, -0.05) is 0 Å². The number of aromatic nitrogens is 2. The number of aliphatic hydroxyl groups is 1. The molecule has 0 spiro atoms. The Balaban J connectivity index is 2.14. The molecule has 1 N–H and O–H groups in total. The zero-order valence-electron chi connectivity index (χ0n) is 9.31. The maximum Gasteiger partial charge on any atom is 0.222 e. The summed E-state index contributed by atoms with van der Waals surface area (Å²) in [7, 11) is 0. The van der Waals surface area contributed by atoms with Crippen LogP contribution in [-0.4, -0.2) is 14.7 Å². The molecule has 2 aromatic rings. The number of hydrogen-bond donors (Lipinski definition) is 1. The maximum atomic E-state index is 13.6. The molecule has 0 radical (unpaired) electrons. The fourth-order valence-electron chi connectivity index (χ4n) is 2.43. The minimum Gasteiger partial charge on any atom is -0.387 e. The molecule has 0 saturated carbocycles. The van der Waals surface area contributed by atoms with Crippen LogP contribution in [0.25, 0.3) is 11.3 Å². The van der Waals surface area contributed by atoms with Gasteiger partial charge in [0.05, 0.1) is 17.4 Å². The van der Waals surface area contributed by atoms with E-state index in [0.29, 0.717) is 5.56 Å². The Kier molecular flexibility index (Phi) is 2.44. The SMILES string of the molecule is OC1CCCn2c(-c3cccnc3F)ccc21. The molecule has 1 unspecified atom stereocenters. The highest BCUT2D eigenvalue weighted by molar-refractivity contribution is 5.60. The molecule has 3 nitrogen and oxygen atoms in total. The second-order valence-corrected chi connectivity index (χ2v) is 4.29. The zero-order chi connectivity index (χ0) is 11.8. The second kappa shape index (κ2) is 3.96. The summed E-state index contributed by atoms with van der Waals surface area (Å²) in [4.78, 5) is 3.66. The van der Waals surface area contributed by atoms with Crippen LogP contribution in [-0.2, 0) is 6.54 Å². The minimum atomic E-state index is -0.464. The van der Waals surface area contributed by atoms with E-state index in [1.807, 2.05) is 16.7 Å². The fourth-order valence-corrected chi connectivity index (χ4v) is 2.43. The van der Waals surface area contributed by atoms with Gasteiger partial charge in [0, 0.05) is 18.4 Å². The highest BCUT2D eigenvalue weighted by Gasteiger charge is 2.21. The molecule has 0 bridgehead atoms. The number of rotatable bonds is 1. The normalized spacial score (nSPS) is 19.1. The van der Waals surface area contributed by atoms with E-state index in [1.165, 1.54) is 6.20 Å². The first-order valence-electron chi connectivity index (χ1n) is 5.76. The van der Waals surface area contributed by atoms with Gasteiger partial charge in [0.15, 0.2) is 0 Å². The molecule has 0 amide bonds. The van der Waals surface area contributed by atoms with Crippen LogP contribution in [0.5, 0.6) is 0 Å². The maximum absolute atomic E-state index is 13.6. The Bertz CT molecular complexity index is 550. The third kappa shape index (κ3) is 1.65. The standard InChI is InChI=1S/C13H13FN2O/c14-13-9(3-1-7-15-13)10-5-6-11-12(17)4-2-8-16(10)11/h1,3,5-7,12,17H,2,4,8H2. The second-order valence-electron chi connectivity index (χ2n) is 4.29. The van der Waals surface area contributed by atoms with E-state index in [2.05, 4.69) is 4.98 Å². The van der Waals surface area contributed by atoms with Crippen LogP contribution in [0.2, 0.25) is 0 Å². The van der Waals surface area contributed by atoms with E-state index in [1.54, 1.807) is 12.1 Å². The molecule has 1 aliphatic heterocycles. The monoisotopic (exact) mass is 232 g/mol. The van der Waals surface area contributed by atoms with Gasteiger partial charge in [0.1, 0.15) is 0 Å². The van der Waals surface area contributed by atoms with Gasteiger partial charge in [-0.15, -0.1) is 0 Å². The van der Waals surface area contributed by atoms with Gasteiger partial charge >= 0.3 is 0 Å². The van der Waals surface area contributed by atoms with Crippen molar-refractivity contribution in [2.75, 3.05) is 0 Å². The smallest absolute Gasteiger partial charge is 0.222 e. The lowest BCUT2D eigenvalue weighted by atomic mass is 10.1. The fraction of sp³-hybridized carbons (Fsp3) is 0.308. The third-order valence-corrected chi connectivity index (χ3v) is 3.25. The lowest BCUT2D eigenvalue weighted by Crippen LogP contribution is -2.15. The average molecular weight is 232 g/mol. The van der Waals surface area contributed by atoms with E-state index in [9.17, 15) is 9.50 Å². The molecule has 2 aromatic heterocycles. The van der Waals surface area contributed by atoms with Crippen molar-refractivity contribution in [3.8, 4) is 11.3 Å². The molecule has 0 fully saturated rings. The molecule has 3 rings (SSSR count). The summed E-state index contributed by atoms with van der Waals surface area (Å²) < 4.78 is 15.6. The Hall–Kier alpha value is -1.68. The molecule has 4 heteroatoms. The van der Waals surface area contributed by atoms with Gasteiger partial charge in [-0.05, 0) is 37.1 Å². The molecule has 0 saturated heterocycles. The molecule has 1 atom stereocenters. The number of aliphatic hydroxyl groups excluding tert-OH is 1. The van der Waals surface area contributed by atoms with Crippen LogP contribution in [0.3, 0.4) is 0 Å². The van der Waals surface area contributed by atoms with Crippen LogP contribution < -0.4 is 0 Å². The Labute approximate surface area is 98.5 Å². The molecule has 88 valence electrons. The van der Waals surface area contributed by atoms with Crippen molar-refractivity contribution in [1.82, 2.24) is 9.55 Å². The van der Waals surface area contributed by atoms with E-state index < -0.39 is 12.1 Å². The first-order valence-corrected chi connectivity index (χ1v) is 5.76. The zero-order valence-corrected chi connectivity index (χ0v) is 9.31.